The van der Waals surface area contributed by atoms with Gasteiger partial charge in [0.15, 0.2) is 5.76 Å². The molecule has 0 saturated carbocycles. The maximum absolute atomic E-state index is 10.7. The van der Waals surface area contributed by atoms with E-state index in [2.05, 4.69) is 5.16 Å². The summed E-state index contributed by atoms with van der Waals surface area (Å²) in [5.41, 5.74) is 0.713. The van der Waals surface area contributed by atoms with Crippen LogP contribution in [-0.4, -0.2) is 16.2 Å². The molecule has 4 heteroatoms. The number of carboxylic acid groups (broad SMARTS) is 1. The Morgan fingerprint density at radius 2 is 2.50 bits per heavy atom. The Morgan fingerprint density at radius 1 is 1.83 bits per heavy atom. The molecule has 1 heterocycles. The van der Waals surface area contributed by atoms with Crippen LogP contribution in [0, 0.1) is 6.92 Å². The van der Waals surface area contributed by atoms with E-state index in [4.69, 9.17) is 9.63 Å². The van der Waals surface area contributed by atoms with E-state index in [1.807, 2.05) is 0 Å². The van der Waals surface area contributed by atoms with Gasteiger partial charge in [-0.3, -0.25) is 4.79 Å². The van der Waals surface area contributed by atoms with Crippen molar-refractivity contribution in [2.75, 3.05) is 0 Å². The van der Waals surface area contributed by atoms with Crippen molar-refractivity contribution in [1.29, 1.82) is 0 Å². The first-order valence-electron chi connectivity index (χ1n) is 3.81. The largest absolute Gasteiger partial charge is 0.481 e. The molecule has 0 aliphatic heterocycles. The Morgan fingerprint density at radius 3 is 2.83 bits per heavy atom. The third-order valence-electron chi connectivity index (χ3n) is 1.70. The highest BCUT2D eigenvalue weighted by molar-refractivity contribution is 5.74. The fraction of sp³-hybridized carbons (Fsp3) is 0.500. The molecule has 1 atom stereocenters. The molecule has 0 saturated heterocycles. The summed E-state index contributed by atoms with van der Waals surface area (Å²) in [5.74, 6) is -0.998. The Labute approximate surface area is 70.2 Å². The lowest BCUT2D eigenvalue weighted by atomic mass is 10.0. The zero-order valence-electron chi connectivity index (χ0n) is 7.07. The van der Waals surface area contributed by atoms with E-state index in [-0.39, 0.29) is 0 Å². The summed E-state index contributed by atoms with van der Waals surface area (Å²) in [6, 6.07) is 1.66. The van der Waals surface area contributed by atoms with Gasteiger partial charge in [0.05, 0.1) is 5.69 Å². The summed E-state index contributed by atoms with van der Waals surface area (Å²) < 4.78 is 4.85. The second-order valence-corrected chi connectivity index (χ2v) is 2.67. The van der Waals surface area contributed by atoms with Crippen molar-refractivity contribution in [3.8, 4) is 0 Å². The molecule has 0 aliphatic carbocycles. The SMILES string of the molecule is CCC(C(=O)O)c1cc(C)no1. The van der Waals surface area contributed by atoms with Gasteiger partial charge in [-0.15, -0.1) is 0 Å². The average molecular weight is 169 g/mol. The predicted octanol–water partition coefficient (Wildman–Crippen LogP) is 1.56. The normalized spacial score (nSPS) is 12.8. The Kier molecular flexibility index (Phi) is 2.47. The number of aliphatic carboxylic acids is 1. The van der Waals surface area contributed by atoms with Crippen molar-refractivity contribution in [3.63, 3.8) is 0 Å². The summed E-state index contributed by atoms with van der Waals surface area (Å²) in [6.07, 6.45) is 0.518. The number of aromatic nitrogens is 1. The molecular formula is C8H11NO3. The van der Waals surface area contributed by atoms with Crippen LogP contribution in [0.25, 0.3) is 0 Å². The summed E-state index contributed by atoms with van der Waals surface area (Å²) in [4.78, 5) is 10.7. The van der Waals surface area contributed by atoms with Gasteiger partial charge >= 0.3 is 5.97 Å². The lowest BCUT2D eigenvalue weighted by Gasteiger charge is -2.02. The first-order chi connectivity index (χ1) is 5.65. The molecule has 0 fully saturated rings. The summed E-state index contributed by atoms with van der Waals surface area (Å²) >= 11 is 0. The molecule has 0 aromatic carbocycles. The fourth-order valence-electron chi connectivity index (χ4n) is 1.04. The van der Waals surface area contributed by atoms with Crippen LogP contribution in [0.5, 0.6) is 0 Å². The van der Waals surface area contributed by atoms with Crippen LogP contribution >= 0.6 is 0 Å². The van der Waals surface area contributed by atoms with E-state index in [1.54, 1.807) is 19.9 Å². The molecule has 1 unspecified atom stereocenters. The lowest BCUT2D eigenvalue weighted by Crippen LogP contribution is -2.09. The number of aryl methyl sites for hydroxylation is 1. The minimum Gasteiger partial charge on any atom is -0.481 e. The van der Waals surface area contributed by atoms with Crippen molar-refractivity contribution in [2.24, 2.45) is 0 Å². The van der Waals surface area contributed by atoms with E-state index in [9.17, 15) is 4.79 Å². The molecule has 4 nitrogen and oxygen atoms in total. The number of hydrogen-bond donors (Lipinski definition) is 1. The van der Waals surface area contributed by atoms with Crippen LogP contribution < -0.4 is 0 Å². The van der Waals surface area contributed by atoms with Crippen molar-refractivity contribution < 1.29 is 14.4 Å². The molecule has 0 aliphatic rings. The molecule has 1 aromatic rings. The second-order valence-electron chi connectivity index (χ2n) is 2.67. The number of carboxylic acids is 1. The standard InChI is InChI=1S/C8H11NO3/c1-3-6(8(10)11)7-4-5(2)9-12-7/h4,6H,3H2,1-2H3,(H,10,11). The van der Waals surface area contributed by atoms with Gasteiger partial charge in [-0.2, -0.15) is 0 Å². The van der Waals surface area contributed by atoms with E-state index in [0.29, 0.717) is 17.9 Å². The van der Waals surface area contributed by atoms with E-state index < -0.39 is 11.9 Å². The van der Waals surface area contributed by atoms with Gasteiger partial charge in [0.2, 0.25) is 0 Å². The van der Waals surface area contributed by atoms with Gasteiger partial charge < -0.3 is 9.63 Å². The molecule has 0 spiro atoms. The number of nitrogens with zero attached hydrogens (tertiary/aromatic N) is 1. The molecule has 0 amide bonds. The van der Waals surface area contributed by atoms with Gasteiger partial charge in [0.1, 0.15) is 5.92 Å². The highest BCUT2D eigenvalue weighted by Gasteiger charge is 2.21. The van der Waals surface area contributed by atoms with Crippen LogP contribution in [0.1, 0.15) is 30.7 Å². The zero-order valence-corrected chi connectivity index (χ0v) is 7.07. The van der Waals surface area contributed by atoms with E-state index in [0.717, 1.165) is 0 Å². The molecule has 0 bridgehead atoms. The lowest BCUT2D eigenvalue weighted by molar-refractivity contribution is -0.139. The predicted molar refractivity (Wildman–Crippen MR) is 41.9 cm³/mol. The van der Waals surface area contributed by atoms with Crippen LogP contribution in [0.4, 0.5) is 0 Å². The summed E-state index contributed by atoms with van der Waals surface area (Å²) in [6.45, 7) is 3.57. The van der Waals surface area contributed by atoms with Gasteiger partial charge in [0, 0.05) is 6.07 Å². The Hall–Kier alpha value is -1.32. The third kappa shape index (κ3) is 1.64. The summed E-state index contributed by atoms with van der Waals surface area (Å²) in [5, 5.41) is 12.4. The van der Waals surface area contributed by atoms with Crippen LogP contribution in [0.2, 0.25) is 0 Å². The van der Waals surface area contributed by atoms with Crippen molar-refractivity contribution >= 4 is 5.97 Å². The zero-order chi connectivity index (χ0) is 9.14. The van der Waals surface area contributed by atoms with E-state index in [1.165, 1.54) is 0 Å². The Balaban J connectivity index is 2.87. The molecule has 1 N–H and O–H groups in total. The fourth-order valence-corrected chi connectivity index (χ4v) is 1.04. The van der Waals surface area contributed by atoms with Gasteiger partial charge in [0.25, 0.3) is 0 Å². The minimum atomic E-state index is -0.867. The molecular weight excluding hydrogens is 158 g/mol. The highest BCUT2D eigenvalue weighted by Crippen LogP contribution is 2.19. The molecule has 66 valence electrons. The first-order valence-corrected chi connectivity index (χ1v) is 3.81. The van der Waals surface area contributed by atoms with Gasteiger partial charge in [-0.05, 0) is 13.3 Å². The second kappa shape index (κ2) is 3.38. The van der Waals surface area contributed by atoms with Crippen molar-refractivity contribution in [3.05, 3.63) is 17.5 Å². The molecule has 0 radical (unpaired) electrons. The van der Waals surface area contributed by atoms with Crippen molar-refractivity contribution in [1.82, 2.24) is 5.16 Å². The monoisotopic (exact) mass is 169 g/mol. The molecule has 1 rings (SSSR count). The third-order valence-corrected chi connectivity index (χ3v) is 1.70. The minimum absolute atomic E-state index is 0.433. The van der Waals surface area contributed by atoms with Crippen LogP contribution in [0.15, 0.2) is 10.6 Å². The van der Waals surface area contributed by atoms with E-state index >= 15 is 0 Å². The Bertz CT molecular complexity index is 280. The maximum Gasteiger partial charge on any atom is 0.314 e. The first kappa shape index (κ1) is 8.77. The number of hydrogen-bond acceptors (Lipinski definition) is 3. The quantitative estimate of drug-likeness (QED) is 0.745. The molecule has 12 heavy (non-hydrogen) atoms. The average Bonchev–Trinajstić information content (AvgIpc) is 2.37. The topological polar surface area (TPSA) is 63.3 Å². The van der Waals surface area contributed by atoms with Gasteiger partial charge in [-0.1, -0.05) is 12.1 Å². The van der Waals surface area contributed by atoms with Crippen LogP contribution in [0.3, 0.4) is 0 Å². The number of rotatable bonds is 3. The molecule has 1 aromatic heterocycles. The summed E-state index contributed by atoms with van der Waals surface area (Å²) in [7, 11) is 0. The number of carbonyl (C=O) groups is 1. The van der Waals surface area contributed by atoms with Gasteiger partial charge in [-0.25, -0.2) is 0 Å². The smallest absolute Gasteiger partial charge is 0.314 e. The van der Waals surface area contributed by atoms with Crippen molar-refractivity contribution in [2.45, 2.75) is 26.2 Å². The highest BCUT2D eigenvalue weighted by atomic mass is 16.5. The van der Waals surface area contributed by atoms with Crippen LogP contribution in [-0.2, 0) is 4.79 Å². The maximum atomic E-state index is 10.7.